The summed E-state index contributed by atoms with van der Waals surface area (Å²) < 4.78 is 0. The molecule has 0 spiro atoms. The molecule has 0 saturated heterocycles. The summed E-state index contributed by atoms with van der Waals surface area (Å²) in [5.41, 5.74) is 11.8. The Morgan fingerprint density at radius 3 is 2.50 bits per heavy atom. The molecule has 3 rings (SSSR count). The number of thiocarbonyl (C=S) groups is 1. The van der Waals surface area contributed by atoms with E-state index in [9.17, 15) is 0 Å². The van der Waals surface area contributed by atoms with Crippen LogP contribution in [-0.2, 0) is 12.8 Å². The van der Waals surface area contributed by atoms with Gasteiger partial charge in [0.15, 0.2) is 0 Å². The van der Waals surface area contributed by atoms with Gasteiger partial charge in [0.25, 0.3) is 0 Å². The van der Waals surface area contributed by atoms with Crippen LogP contribution in [0, 0.1) is 0 Å². The summed E-state index contributed by atoms with van der Waals surface area (Å²) >= 11 is 4.97. The molecule has 102 valence electrons. The normalized spacial score (nSPS) is 13.6. The molecule has 0 fully saturated rings. The first-order chi connectivity index (χ1) is 9.74. The minimum atomic E-state index is 0.439. The first kappa shape index (κ1) is 13.1. The molecule has 20 heavy (non-hydrogen) atoms. The van der Waals surface area contributed by atoms with E-state index in [0.29, 0.717) is 4.99 Å². The summed E-state index contributed by atoms with van der Waals surface area (Å²) in [5.74, 6) is 0. The minimum absolute atomic E-state index is 0.439. The molecule has 0 heterocycles. The topological polar surface area (TPSA) is 38.0 Å². The molecule has 0 unspecified atom stereocenters. The molecule has 1 aliphatic rings. The van der Waals surface area contributed by atoms with Gasteiger partial charge in [-0.2, -0.15) is 0 Å². The fraction of sp³-hybridized carbons (Fsp3) is 0.235. The Morgan fingerprint density at radius 1 is 1.00 bits per heavy atom. The lowest BCUT2D eigenvalue weighted by molar-refractivity contribution is 0.687. The molecule has 1 aliphatic carbocycles. The standard InChI is InChI=1S/C17H18N2S/c18-17(20)13-8-10-14(11-9-13)19-16-7-3-5-12-4-1-2-6-15(12)16/h3,5,7-11,19H,1-2,4,6H2,(H2,18,20). The number of hydrogen-bond donors (Lipinski definition) is 2. The van der Waals surface area contributed by atoms with Crippen molar-refractivity contribution in [3.63, 3.8) is 0 Å². The van der Waals surface area contributed by atoms with E-state index >= 15 is 0 Å². The first-order valence-electron chi connectivity index (χ1n) is 7.02. The van der Waals surface area contributed by atoms with Gasteiger partial charge in [-0.05, 0) is 67.1 Å². The van der Waals surface area contributed by atoms with Gasteiger partial charge in [-0.3, -0.25) is 0 Å². The van der Waals surface area contributed by atoms with E-state index in [-0.39, 0.29) is 0 Å². The average Bonchev–Trinajstić information content (AvgIpc) is 2.48. The number of rotatable bonds is 3. The third-order valence-corrected chi connectivity index (χ3v) is 4.08. The highest BCUT2D eigenvalue weighted by Gasteiger charge is 2.12. The maximum Gasteiger partial charge on any atom is 0.103 e. The molecule has 0 aliphatic heterocycles. The summed E-state index contributed by atoms with van der Waals surface area (Å²) in [6, 6.07) is 14.5. The van der Waals surface area contributed by atoms with Crippen LogP contribution >= 0.6 is 12.2 Å². The molecule has 0 radical (unpaired) electrons. The van der Waals surface area contributed by atoms with Gasteiger partial charge in [0.2, 0.25) is 0 Å². The molecule has 0 amide bonds. The van der Waals surface area contributed by atoms with Crippen LogP contribution in [-0.4, -0.2) is 4.99 Å². The zero-order valence-corrected chi connectivity index (χ0v) is 12.2. The Balaban J connectivity index is 1.86. The Labute approximate surface area is 125 Å². The second-order valence-electron chi connectivity index (χ2n) is 5.22. The van der Waals surface area contributed by atoms with Crippen molar-refractivity contribution in [2.45, 2.75) is 25.7 Å². The molecule has 2 aromatic carbocycles. The van der Waals surface area contributed by atoms with E-state index in [1.54, 1.807) is 0 Å². The van der Waals surface area contributed by atoms with Gasteiger partial charge in [0.1, 0.15) is 4.99 Å². The van der Waals surface area contributed by atoms with Gasteiger partial charge in [0, 0.05) is 16.9 Å². The van der Waals surface area contributed by atoms with Crippen LogP contribution in [0.5, 0.6) is 0 Å². The van der Waals surface area contributed by atoms with E-state index in [1.165, 1.54) is 42.5 Å². The third kappa shape index (κ3) is 2.68. The third-order valence-electron chi connectivity index (χ3n) is 3.84. The van der Waals surface area contributed by atoms with Crippen molar-refractivity contribution >= 4 is 28.6 Å². The highest BCUT2D eigenvalue weighted by atomic mass is 32.1. The van der Waals surface area contributed by atoms with Gasteiger partial charge < -0.3 is 11.1 Å². The van der Waals surface area contributed by atoms with Crippen LogP contribution in [0.4, 0.5) is 11.4 Å². The number of nitrogens with one attached hydrogen (secondary N) is 1. The maximum absolute atomic E-state index is 5.62. The summed E-state index contributed by atoms with van der Waals surface area (Å²) in [7, 11) is 0. The van der Waals surface area contributed by atoms with E-state index in [0.717, 1.165) is 11.3 Å². The van der Waals surface area contributed by atoms with Crippen LogP contribution in [0.15, 0.2) is 42.5 Å². The highest BCUT2D eigenvalue weighted by molar-refractivity contribution is 7.80. The second kappa shape index (κ2) is 5.63. The quantitative estimate of drug-likeness (QED) is 0.837. The van der Waals surface area contributed by atoms with Gasteiger partial charge in [-0.1, -0.05) is 24.4 Å². The Hall–Kier alpha value is -1.87. The molecular formula is C17H18N2S. The van der Waals surface area contributed by atoms with Gasteiger partial charge in [0.05, 0.1) is 0 Å². The predicted molar refractivity (Wildman–Crippen MR) is 88.7 cm³/mol. The number of nitrogens with two attached hydrogens (primary N) is 1. The molecule has 3 heteroatoms. The molecule has 0 bridgehead atoms. The Morgan fingerprint density at radius 2 is 1.75 bits per heavy atom. The van der Waals surface area contributed by atoms with Crippen molar-refractivity contribution in [2.24, 2.45) is 5.73 Å². The number of benzene rings is 2. The van der Waals surface area contributed by atoms with Crippen LogP contribution in [0.25, 0.3) is 0 Å². The molecule has 0 aromatic heterocycles. The number of fused-ring (bicyclic) bond motifs is 1. The number of hydrogen-bond acceptors (Lipinski definition) is 2. The zero-order chi connectivity index (χ0) is 13.9. The zero-order valence-electron chi connectivity index (χ0n) is 11.4. The van der Waals surface area contributed by atoms with Crippen LogP contribution in [0.3, 0.4) is 0 Å². The molecule has 3 N–H and O–H groups in total. The smallest absolute Gasteiger partial charge is 0.103 e. The highest BCUT2D eigenvalue weighted by Crippen LogP contribution is 2.29. The molecule has 2 nitrogen and oxygen atoms in total. The lowest BCUT2D eigenvalue weighted by Gasteiger charge is -2.20. The van der Waals surface area contributed by atoms with Gasteiger partial charge in [-0.15, -0.1) is 0 Å². The summed E-state index contributed by atoms with van der Waals surface area (Å²) in [6.45, 7) is 0. The molecule has 0 saturated carbocycles. The van der Waals surface area contributed by atoms with Crippen molar-refractivity contribution < 1.29 is 0 Å². The van der Waals surface area contributed by atoms with Crippen molar-refractivity contribution in [1.82, 2.24) is 0 Å². The lowest BCUT2D eigenvalue weighted by atomic mass is 9.90. The lowest BCUT2D eigenvalue weighted by Crippen LogP contribution is -2.09. The van der Waals surface area contributed by atoms with E-state index in [2.05, 4.69) is 23.5 Å². The van der Waals surface area contributed by atoms with Crippen molar-refractivity contribution in [1.29, 1.82) is 0 Å². The number of aryl methyl sites for hydroxylation is 1. The predicted octanol–water partition coefficient (Wildman–Crippen LogP) is 3.94. The van der Waals surface area contributed by atoms with Crippen molar-refractivity contribution in [3.8, 4) is 0 Å². The van der Waals surface area contributed by atoms with Crippen LogP contribution in [0.2, 0.25) is 0 Å². The van der Waals surface area contributed by atoms with Crippen LogP contribution < -0.4 is 11.1 Å². The fourth-order valence-corrected chi connectivity index (χ4v) is 2.91. The molecule has 2 aromatic rings. The SMILES string of the molecule is NC(=S)c1ccc(Nc2cccc3c2CCCC3)cc1. The van der Waals surface area contributed by atoms with Crippen molar-refractivity contribution in [3.05, 3.63) is 59.2 Å². The van der Waals surface area contributed by atoms with Crippen LogP contribution in [0.1, 0.15) is 29.5 Å². The summed E-state index contributed by atoms with van der Waals surface area (Å²) in [6.07, 6.45) is 4.96. The second-order valence-corrected chi connectivity index (χ2v) is 5.66. The number of anilines is 2. The fourth-order valence-electron chi connectivity index (χ4n) is 2.77. The molecule has 0 atom stereocenters. The average molecular weight is 282 g/mol. The monoisotopic (exact) mass is 282 g/mol. The first-order valence-corrected chi connectivity index (χ1v) is 7.42. The molecular weight excluding hydrogens is 264 g/mol. The van der Waals surface area contributed by atoms with Crippen molar-refractivity contribution in [2.75, 3.05) is 5.32 Å². The Kier molecular flexibility index (Phi) is 3.70. The maximum atomic E-state index is 5.62. The van der Waals surface area contributed by atoms with E-state index in [4.69, 9.17) is 18.0 Å². The van der Waals surface area contributed by atoms with E-state index in [1.807, 2.05) is 24.3 Å². The summed E-state index contributed by atoms with van der Waals surface area (Å²) in [5, 5.41) is 3.51. The summed E-state index contributed by atoms with van der Waals surface area (Å²) in [4.78, 5) is 0.439. The Bertz CT molecular complexity index is 632. The minimum Gasteiger partial charge on any atom is -0.389 e. The van der Waals surface area contributed by atoms with E-state index < -0.39 is 0 Å². The van der Waals surface area contributed by atoms with Gasteiger partial charge >= 0.3 is 0 Å². The largest absolute Gasteiger partial charge is 0.389 e. The van der Waals surface area contributed by atoms with Gasteiger partial charge in [-0.25, -0.2) is 0 Å².